The first kappa shape index (κ1) is 15.9. The van der Waals surface area contributed by atoms with Crippen LogP contribution in [0.25, 0.3) is 11.4 Å². The van der Waals surface area contributed by atoms with Crippen LogP contribution in [0.5, 0.6) is 0 Å². The molecule has 3 aromatic rings. The quantitative estimate of drug-likeness (QED) is 0.629. The molecule has 4 N–H and O–H groups in total. The van der Waals surface area contributed by atoms with Crippen LogP contribution >= 0.6 is 22.9 Å². The van der Waals surface area contributed by atoms with Crippen LogP contribution < -0.4 is 10.5 Å². The third-order valence-electron chi connectivity index (χ3n) is 2.90. The topological polar surface area (TPSA) is 127 Å². The Hall–Kier alpha value is -2.01. The van der Waals surface area contributed by atoms with Crippen molar-refractivity contribution in [3.8, 4) is 11.4 Å². The Bertz CT molecular complexity index is 923. The standard InChI is InChI=1S/C12H11ClN6O2S2/c13-10-5-9(22-12(10)23(14,20)21)6-15-8-3-1-2-7(4-8)11-16-18-19-17-11/h1-5,15H,6H2,(H2,14,20,21)(H,16,17,18,19). The van der Waals surface area contributed by atoms with Gasteiger partial charge in [-0.3, -0.25) is 0 Å². The number of nitrogens with two attached hydrogens (primary N) is 1. The van der Waals surface area contributed by atoms with E-state index in [9.17, 15) is 8.42 Å². The van der Waals surface area contributed by atoms with Gasteiger partial charge in [0.15, 0.2) is 4.21 Å². The number of aromatic amines is 1. The lowest BCUT2D eigenvalue weighted by Crippen LogP contribution is -2.10. The number of anilines is 1. The van der Waals surface area contributed by atoms with Crippen LogP contribution in [0.4, 0.5) is 5.69 Å². The molecule has 120 valence electrons. The Balaban J connectivity index is 1.75. The van der Waals surface area contributed by atoms with Crippen LogP contribution in [-0.2, 0) is 16.6 Å². The second-order valence-electron chi connectivity index (χ2n) is 4.56. The Morgan fingerprint density at radius 2 is 2.17 bits per heavy atom. The molecule has 0 bridgehead atoms. The van der Waals surface area contributed by atoms with E-state index in [1.807, 2.05) is 24.3 Å². The Morgan fingerprint density at radius 3 is 2.83 bits per heavy atom. The number of rotatable bonds is 5. The van der Waals surface area contributed by atoms with Crippen molar-refractivity contribution < 1.29 is 8.42 Å². The second-order valence-corrected chi connectivity index (χ2v) is 7.86. The molecule has 2 heterocycles. The molecule has 2 aromatic heterocycles. The summed E-state index contributed by atoms with van der Waals surface area (Å²) in [5, 5.41) is 22.2. The van der Waals surface area contributed by atoms with Gasteiger partial charge in [0.05, 0.1) is 5.02 Å². The minimum Gasteiger partial charge on any atom is -0.380 e. The van der Waals surface area contributed by atoms with Crippen LogP contribution in [0.3, 0.4) is 0 Å². The monoisotopic (exact) mass is 370 g/mol. The summed E-state index contributed by atoms with van der Waals surface area (Å²) in [5.41, 5.74) is 1.63. The molecule has 0 spiro atoms. The first-order chi connectivity index (χ1) is 10.9. The second kappa shape index (κ2) is 6.24. The summed E-state index contributed by atoms with van der Waals surface area (Å²) in [6.07, 6.45) is 0. The summed E-state index contributed by atoms with van der Waals surface area (Å²) in [7, 11) is -3.80. The molecule has 0 saturated heterocycles. The maximum atomic E-state index is 11.4. The van der Waals surface area contributed by atoms with E-state index >= 15 is 0 Å². The Labute approximate surface area is 140 Å². The summed E-state index contributed by atoms with van der Waals surface area (Å²) in [6, 6.07) is 9.03. The van der Waals surface area contributed by atoms with Crippen LogP contribution in [0.1, 0.15) is 4.88 Å². The van der Waals surface area contributed by atoms with Gasteiger partial charge >= 0.3 is 0 Å². The number of benzene rings is 1. The molecule has 0 aliphatic heterocycles. The molecular weight excluding hydrogens is 360 g/mol. The van der Waals surface area contributed by atoms with Crippen LogP contribution in [0.15, 0.2) is 34.5 Å². The van der Waals surface area contributed by atoms with Crippen LogP contribution in [0.2, 0.25) is 5.02 Å². The minimum atomic E-state index is -3.80. The molecule has 0 atom stereocenters. The third-order valence-corrected chi connectivity index (χ3v) is 6.03. The minimum absolute atomic E-state index is 0.0310. The highest BCUT2D eigenvalue weighted by Gasteiger charge is 2.17. The van der Waals surface area contributed by atoms with Crippen molar-refractivity contribution in [2.75, 3.05) is 5.32 Å². The van der Waals surface area contributed by atoms with E-state index in [1.54, 1.807) is 6.07 Å². The van der Waals surface area contributed by atoms with E-state index in [0.29, 0.717) is 12.4 Å². The van der Waals surface area contributed by atoms with E-state index in [-0.39, 0.29) is 9.23 Å². The number of hydrogen-bond acceptors (Lipinski definition) is 7. The van der Waals surface area contributed by atoms with E-state index in [1.165, 1.54) is 0 Å². The van der Waals surface area contributed by atoms with Crippen molar-refractivity contribution >= 4 is 38.6 Å². The van der Waals surface area contributed by atoms with Gasteiger partial charge < -0.3 is 5.32 Å². The number of sulfonamides is 1. The molecule has 1 aromatic carbocycles. The van der Waals surface area contributed by atoms with Gasteiger partial charge in [-0.25, -0.2) is 13.6 Å². The molecule has 23 heavy (non-hydrogen) atoms. The van der Waals surface area contributed by atoms with Gasteiger partial charge in [-0.05, 0) is 23.4 Å². The third kappa shape index (κ3) is 3.67. The molecule has 3 rings (SSSR count). The Kier molecular flexibility index (Phi) is 4.31. The fourth-order valence-electron chi connectivity index (χ4n) is 1.92. The van der Waals surface area contributed by atoms with E-state index in [2.05, 4.69) is 25.9 Å². The largest absolute Gasteiger partial charge is 0.380 e. The predicted octanol–water partition coefficient (Wildman–Crippen LogP) is 1.84. The smallest absolute Gasteiger partial charge is 0.249 e. The maximum Gasteiger partial charge on any atom is 0.249 e. The average molecular weight is 371 g/mol. The number of tetrazole rings is 1. The van der Waals surface area contributed by atoms with Gasteiger partial charge in [0.25, 0.3) is 0 Å². The summed E-state index contributed by atoms with van der Waals surface area (Å²) < 4.78 is 22.7. The Morgan fingerprint density at radius 1 is 1.35 bits per heavy atom. The number of H-pyrrole nitrogens is 1. The van der Waals surface area contributed by atoms with Crippen LogP contribution in [-0.4, -0.2) is 29.0 Å². The predicted molar refractivity (Wildman–Crippen MR) is 87.6 cm³/mol. The van der Waals surface area contributed by atoms with Gasteiger partial charge in [0.2, 0.25) is 15.8 Å². The van der Waals surface area contributed by atoms with Gasteiger partial charge in [0.1, 0.15) is 0 Å². The lowest BCUT2D eigenvalue weighted by molar-refractivity contribution is 0.600. The molecule has 0 saturated carbocycles. The number of hydrogen-bond donors (Lipinski definition) is 3. The molecule has 0 radical (unpaired) electrons. The summed E-state index contributed by atoms with van der Waals surface area (Å²) >= 11 is 6.94. The fourth-order valence-corrected chi connectivity index (χ4v) is 4.39. The zero-order valence-corrected chi connectivity index (χ0v) is 13.9. The number of aromatic nitrogens is 4. The number of thiophene rings is 1. The SMILES string of the molecule is NS(=O)(=O)c1sc(CNc2cccc(-c3nn[nH]n3)c2)cc1Cl. The zero-order chi connectivity index (χ0) is 16.4. The normalized spacial score (nSPS) is 11.6. The lowest BCUT2D eigenvalue weighted by Gasteiger charge is -2.05. The first-order valence-corrected chi connectivity index (χ1v) is 9.06. The van der Waals surface area contributed by atoms with Crippen molar-refractivity contribution in [1.29, 1.82) is 0 Å². The van der Waals surface area contributed by atoms with Crippen LogP contribution in [0, 0.1) is 0 Å². The van der Waals surface area contributed by atoms with Gasteiger partial charge in [-0.2, -0.15) is 5.21 Å². The van der Waals surface area contributed by atoms with Gasteiger partial charge in [-0.15, -0.1) is 21.5 Å². The number of primary sulfonamides is 1. The number of nitrogens with one attached hydrogen (secondary N) is 2. The fraction of sp³-hybridized carbons (Fsp3) is 0.0833. The average Bonchev–Trinajstić information content (AvgIpc) is 3.14. The van der Waals surface area contributed by atoms with E-state index < -0.39 is 10.0 Å². The molecule has 0 unspecified atom stereocenters. The molecule has 0 amide bonds. The highest BCUT2D eigenvalue weighted by atomic mass is 35.5. The van der Waals surface area contributed by atoms with Gasteiger partial charge in [0, 0.05) is 22.7 Å². The molecule has 0 aliphatic rings. The van der Waals surface area contributed by atoms with Crippen molar-refractivity contribution in [2.24, 2.45) is 5.14 Å². The molecule has 11 heteroatoms. The highest BCUT2D eigenvalue weighted by molar-refractivity contribution is 7.91. The van der Waals surface area contributed by atoms with Gasteiger partial charge in [-0.1, -0.05) is 23.7 Å². The molecular formula is C12H11ClN6O2S2. The molecule has 0 fully saturated rings. The van der Waals surface area contributed by atoms with Crippen molar-refractivity contribution in [1.82, 2.24) is 20.6 Å². The summed E-state index contributed by atoms with van der Waals surface area (Å²) in [4.78, 5) is 0.754. The summed E-state index contributed by atoms with van der Waals surface area (Å²) in [5.74, 6) is 0.490. The molecule has 8 nitrogen and oxygen atoms in total. The van der Waals surface area contributed by atoms with E-state index in [0.717, 1.165) is 27.5 Å². The van der Waals surface area contributed by atoms with Crippen molar-refractivity contribution in [3.05, 3.63) is 40.2 Å². The lowest BCUT2D eigenvalue weighted by atomic mass is 10.2. The zero-order valence-electron chi connectivity index (χ0n) is 11.5. The molecule has 0 aliphatic carbocycles. The van der Waals surface area contributed by atoms with E-state index in [4.69, 9.17) is 16.7 Å². The summed E-state index contributed by atoms with van der Waals surface area (Å²) in [6.45, 7) is 0.412. The number of nitrogens with zero attached hydrogens (tertiary/aromatic N) is 3. The van der Waals surface area contributed by atoms with Crippen molar-refractivity contribution in [3.63, 3.8) is 0 Å². The van der Waals surface area contributed by atoms with Crippen molar-refractivity contribution in [2.45, 2.75) is 10.8 Å². The first-order valence-electron chi connectivity index (χ1n) is 6.32. The number of halogens is 1. The highest BCUT2D eigenvalue weighted by Crippen LogP contribution is 2.31. The maximum absolute atomic E-state index is 11.4.